The number of Topliss-reactive ketones (excluding diaryl/α,β-unsaturated/α-hetero) is 2. The van der Waals surface area contributed by atoms with E-state index < -0.39 is 11.8 Å². The van der Waals surface area contributed by atoms with Gasteiger partial charge in [-0.25, -0.2) is 0 Å². The second-order valence-corrected chi connectivity index (χ2v) is 9.59. The number of ketones is 2. The monoisotopic (exact) mass is 468 g/mol. The molecule has 1 saturated heterocycles. The van der Waals surface area contributed by atoms with E-state index in [1.165, 1.54) is 0 Å². The summed E-state index contributed by atoms with van der Waals surface area (Å²) in [5, 5.41) is 0. The lowest BCUT2D eigenvalue weighted by Crippen LogP contribution is -2.52. The fourth-order valence-corrected chi connectivity index (χ4v) is 4.98. The molecule has 0 aliphatic carbocycles. The predicted octanol–water partition coefficient (Wildman–Crippen LogP) is 4.48. The van der Waals surface area contributed by atoms with Crippen molar-refractivity contribution in [3.63, 3.8) is 0 Å². The fraction of sp³-hybridized carbons (Fsp3) is 0.300. The lowest BCUT2D eigenvalue weighted by atomic mass is 9.68. The van der Waals surface area contributed by atoms with Gasteiger partial charge >= 0.3 is 0 Å². The Balaban J connectivity index is 1.80. The quantitative estimate of drug-likeness (QED) is 0.480. The molecule has 0 unspecified atom stereocenters. The highest BCUT2D eigenvalue weighted by Gasteiger charge is 2.45. The van der Waals surface area contributed by atoms with Crippen LogP contribution >= 0.6 is 0 Å². The van der Waals surface area contributed by atoms with E-state index in [-0.39, 0.29) is 29.9 Å². The standard InChI is InChI=1S/C30H32N2O3/c1-21-14-16-22(17-15-21)28-25(29(34)23-10-6-4-7-11-23)18-32(20-27(33)31(2)3)19-26(28)30(35)24-12-8-5-9-13-24/h4-17,25-26,28H,18-20H2,1-3H3/t25-,26+,28+. The van der Waals surface area contributed by atoms with E-state index in [1.54, 1.807) is 19.0 Å². The van der Waals surface area contributed by atoms with Gasteiger partial charge in [-0.1, -0.05) is 90.5 Å². The second kappa shape index (κ2) is 10.8. The Kier molecular flexibility index (Phi) is 7.57. The van der Waals surface area contributed by atoms with E-state index >= 15 is 0 Å². The Morgan fingerprint density at radius 2 is 1.20 bits per heavy atom. The molecule has 0 aromatic heterocycles. The summed E-state index contributed by atoms with van der Waals surface area (Å²) in [4.78, 5) is 43.9. The van der Waals surface area contributed by atoms with Crippen LogP contribution in [0.25, 0.3) is 0 Å². The predicted molar refractivity (Wildman–Crippen MR) is 138 cm³/mol. The van der Waals surface area contributed by atoms with E-state index in [1.807, 2.05) is 96.8 Å². The van der Waals surface area contributed by atoms with Gasteiger partial charge in [-0.2, -0.15) is 0 Å². The molecule has 1 heterocycles. The molecule has 0 bridgehead atoms. The molecule has 1 aliphatic heterocycles. The maximum atomic E-state index is 13.9. The van der Waals surface area contributed by atoms with E-state index in [4.69, 9.17) is 0 Å². The highest BCUT2D eigenvalue weighted by atomic mass is 16.2. The van der Waals surface area contributed by atoms with Crippen molar-refractivity contribution in [2.45, 2.75) is 12.8 Å². The van der Waals surface area contributed by atoms with Crippen LogP contribution in [0.15, 0.2) is 84.9 Å². The molecular weight excluding hydrogens is 436 g/mol. The molecule has 35 heavy (non-hydrogen) atoms. The van der Waals surface area contributed by atoms with Crippen LogP contribution in [0.4, 0.5) is 0 Å². The van der Waals surface area contributed by atoms with Crippen molar-refractivity contribution in [1.29, 1.82) is 0 Å². The third kappa shape index (κ3) is 5.57. The Bertz CT molecular complexity index is 1110. The van der Waals surface area contributed by atoms with Gasteiger partial charge in [0.2, 0.25) is 5.91 Å². The van der Waals surface area contributed by atoms with Crippen LogP contribution in [0.2, 0.25) is 0 Å². The summed E-state index contributed by atoms with van der Waals surface area (Å²) in [6.45, 7) is 3.04. The first-order valence-electron chi connectivity index (χ1n) is 12.0. The highest BCUT2D eigenvalue weighted by molar-refractivity contribution is 6.02. The van der Waals surface area contributed by atoms with Crippen LogP contribution in [0, 0.1) is 18.8 Å². The van der Waals surface area contributed by atoms with E-state index in [0.29, 0.717) is 24.2 Å². The molecule has 1 amide bonds. The first-order valence-corrected chi connectivity index (χ1v) is 12.0. The van der Waals surface area contributed by atoms with Crippen molar-refractivity contribution in [3.05, 3.63) is 107 Å². The van der Waals surface area contributed by atoms with Gasteiger partial charge in [-0.15, -0.1) is 0 Å². The zero-order chi connectivity index (χ0) is 24.9. The smallest absolute Gasteiger partial charge is 0.236 e. The minimum atomic E-state index is -0.457. The Morgan fingerprint density at radius 3 is 1.63 bits per heavy atom. The molecule has 3 aromatic carbocycles. The third-order valence-corrected chi connectivity index (χ3v) is 6.89. The molecule has 4 rings (SSSR count). The van der Waals surface area contributed by atoms with Crippen LogP contribution in [-0.4, -0.2) is 61.0 Å². The number of benzene rings is 3. The summed E-state index contributed by atoms with van der Waals surface area (Å²) < 4.78 is 0. The summed E-state index contributed by atoms with van der Waals surface area (Å²) in [6.07, 6.45) is 0. The number of likely N-dealkylation sites (tertiary alicyclic amines) is 1. The minimum Gasteiger partial charge on any atom is -0.348 e. The molecular formula is C30H32N2O3. The van der Waals surface area contributed by atoms with Gasteiger partial charge in [-0.05, 0) is 12.5 Å². The molecule has 180 valence electrons. The molecule has 1 aliphatic rings. The average molecular weight is 469 g/mol. The van der Waals surface area contributed by atoms with Gasteiger partial charge in [0.25, 0.3) is 0 Å². The molecule has 3 aromatic rings. The molecule has 1 fully saturated rings. The molecule has 5 heteroatoms. The zero-order valence-electron chi connectivity index (χ0n) is 20.6. The van der Waals surface area contributed by atoms with Crippen LogP contribution < -0.4 is 0 Å². The maximum Gasteiger partial charge on any atom is 0.236 e. The van der Waals surface area contributed by atoms with Gasteiger partial charge in [0.05, 0.1) is 6.54 Å². The van der Waals surface area contributed by atoms with Gasteiger partial charge in [0, 0.05) is 56.1 Å². The largest absolute Gasteiger partial charge is 0.348 e. The molecule has 0 radical (unpaired) electrons. The second-order valence-electron chi connectivity index (χ2n) is 9.59. The van der Waals surface area contributed by atoms with E-state index in [9.17, 15) is 14.4 Å². The molecule has 5 nitrogen and oxygen atoms in total. The van der Waals surface area contributed by atoms with Crippen molar-refractivity contribution < 1.29 is 14.4 Å². The van der Waals surface area contributed by atoms with Crippen LogP contribution in [0.3, 0.4) is 0 Å². The third-order valence-electron chi connectivity index (χ3n) is 6.89. The van der Waals surface area contributed by atoms with Gasteiger partial charge in [0.1, 0.15) is 0 Å². The lowest BCUT2D eigenvalue weighted by Gasteiger charge is -2.43. The first-order chi connectivity index (χ1) is 16.8. The van der Waals surface area contributed by atoms with Gasteiger partial charge < -0.3 is 4.90 Å². The molecule has 0 spiro atoms. The van der Waals surface area contributed by atoms with E-state index in [2.05, 4.69) is 0 Å². The molecule has 0 N–H and O–H groups in total. The number of carbonyl (C=O) groups is 3. The number of aryl methyl sites for hydroxylation is 1. The number of hydrogen-bond donors (Lipinski definition) is 0. The van der Waals surface area contributed by atoms with Gasteiger partial charge in [-0.3, -0.25) is 19.3 Å². The molecule has 0 saturated carbocycles. The lowest BCUT2D eigenvalue weighted by molar-refractivity contribution is -0.130. The number of carbonyl (C=O) groups excluding carboxylic acids is 3. The number of rotatable bonds is 7. The van der Waals surface area contributed by atoms with Crippen LogP contribution in [0.5, 0.6) is 0 Å². The normalized spacial score (nSPS) is 20.3. The van der Waals surface area contributed by atoms with Crippen molar-refractivity contribution in [2.24, 2.45) is 11.8 Å². The average Bonchev–Trinajstić information content (AvgIpc) is 2.89. The zero-order valence-corrected chi connectivity index (χ0v) is 20.6. The first kappa shape index (κ1) is 24.6. The van der Waals surface area contributed by atoms with Crippen molar-refractivity contribution >= 4 is 17.5 Å². The van der Waals surface area contributed by atoms with Crippen molar-refractivity contribution in [2.75, 3.05) is 33.7 Å². The summed E-state index contributed by atoms with van der Waals surface area (Å²) in [6, 6.07) is 26.7. The number of likely N-dealkylation sites (N-methyl/N-ethyl adjacent to an activating group) is 1. The summed E-state index contributed by atoms with van der Waals surface area (Å²) in [5.74, 6) is -1.24. The maximum absolute atomic E-state index is 13.9. The molecule has 3 atom stereocenters. The SMILES string of the molecule is Cc1ccc([C@@H]2[C@@H](C(=O)c3ccccc3)CN(CC(=O)N(C)C)C[C@H]2C(=O)c2ccccc2)cc1. The highest BCUT2D eigenvalue weighted by Crippen LogP contribution is 2.41. The van der Waals surface area contributed by atoms with Crippen LogP contribution in [0.1, 0.15) is 37.8 Å². The number of piperidine rings is 1. The number of hydrogen-bond acceptors (Lipinski definition) is 4. The summed E-state index contributed by atoms with van der Waals surface area (Å²) >= 11 is 0. The van der Waals surface area contributed by atoms with E-state index in [0.717, 1.165) is 11.1 Å². The van der Waals surface area contributed by atoms with Gasteiger partial charge in [0.15, 0.2) is 11.6 Å². The Labute approximate surface area is 207 Å². The Hall–Kier alpha value is -3.57. The number of nitrogens with zero attached hydrogens (tertiary/aromatic N) is 2. The topological polar surface area (TPSA) is 57.7 Å². The number of amides is 1. The Morgan fingerprint density at radius 1 is 0.743 bits per heavy atom. The van der Waals surface area contributed by atoms with Crippen molar-refractivity contribution in [3.8, 4) is 0 Å². The minimum absolute atomic E-state index is 0.00374. The summed E-state index contributed by atoms with van der Waals surface area (Å²) in [7, 11) is 3.45. The van der Waals surface area contributed by atoms with Crippen molar-refractivity contribution in [1.82, 2.24) is 9.80 Å². The summed E-state index contributed by atoms with van der Waals surface area (Å²) in [5.41, 5.74) is 3.36. The fourth-order valence-electron chi connectivity index (χ4n) is 4.98. The van der Waals surface area contributed by atoms with Crippen LogP contribution in [-0.2, 0) is 4.79 Å².